The van der Waals surface area contributed by atoms with Gasteiger partial charge >= 0.3 is 5.97 Å². The van der Waals surface area contributed by atoms with Crippen LogP contribution in [0.25, 0.3) is 6.08 Å². The van der Waals surface area contributed by atoms with Crippen LogP contribution in [0.4, 0.5) is 5.69 Å². The van der Waals surface area contributed by atoms with Crippen molar-refractivity contribution in [2.75, 3.05) is 18.5 Å². The molecule has 0 aliphatic carbocycles. The Balaban J connectivity index is 2.60. The molecule has 0 heterocycles. The Labute approximate surface area is 118 Å². The van der Waals surface area contributed by atoms with Gasteiger partial charge in [-0.25, -0.2) is 4.79 Å². The molecule has 108 valence electrons. The van der Waals surface area contributed by atoms with E-state index in [0.717, 1.165) is 5.56 Å². The molecule has 0 bridgehead atoms. The van der Waals surface area contributed by atoms with E-state index in [2.05, 4.69) is 5.32 Å². The minimum absolute atomic E-state index is 0.109. The van der Waals surface area contributed by atoms with Gasteiger partial charge in [-0.2, -0.15) is 0 Å². The zero-order chi connectivity index (χ0) is 15.0. The lowest BCUT2D eigenvalue weighted by Gasteiger charge is -2.09. The number of nitrogens with two attached hydrogens (primary N) is 1. The van der Waals surface area contributed by atoms with Gasteiger partial charge in [-0.1, -0.05) is 19.1 Å². The number of benzene rings is 1. The van der Waals surface area contributed by atoms with E-state index in [1.54, 1.807) is 44.2 Å². The van der Waals surface area contributed by atoms with Crippen molar-refractivity contribution in [3.05, 3.63) is 35.9 Å². The molecule has 0 radical (unpaired) electrons. The summed E-state index contributed by atoms with van der Waals surface area (Å²) >= 11 is 0. The van der Waals surface area contributed by atoms with Crippen molar-refractivity contribution >= 4 is 23.6 Å². The third-order valence-corrected chi connectivity index (χ3v) is 2.68. The average Bonchev–Trinajstić information content (AvgIpc) is 2.46. The summed E-state index contributed by atoms with van der Waals surface area (Å²) in [6.07, 6.45) is 3.03. The maximum absolute atomic E-state index is 11.6. The van der Waals surface area contributed by atoms with Crippen LogP contribution >= 0.6 is 0 Å². The van der Waals surface area contributed by atoms with Gasteiger partial charge in [0.15, 0.2) is 0 Å². The molecule has 0 fully saturated rings. The van der Waals surface area contributed by atoms with Crippen LogP contribution in [0.3, 0.4) is 0 Å². The van der Waals surface area contributed by atoms with Crippen molar-refractivity contribution in [3.8, 4) is 0 Å². The highest BCUT2D eigenvalue weighted by atomic mass is 16.5. The topological polar surface area (TPSA) is 81.4 Å². The van der Waals surface area contributed by atoms with E-state index in [0.29, 0.717) is 18.8 Å². The number of hydrogen-bond acceptors (Lipinski definition) is 4. The Morgan fingerprint density at radius 3 is 2.55 bits per heavy atom. The van der Waals surface area contributed by atoms with Crippen LogP contribution in [-0.4, -0.2) is 25.0 Å². The smallest absolute Gasteiger partial charge is 0.330 e. The van der Waals surface area contributed by atoms with Crippen LogP contribution in [0, 0.1) is 5.92 Å². The van der Waals surface area contributed by atoms with Gasteiger partial charge in [0.1, 0.15) is 0 Å². The standard InChI is InChI=1S/C15H20N2O3/c1-3-20-14(18)9-6-12-4-7-13(8-5-12)17-15(19)11(2)10-16/h4-9,11H,3,10,16H2,1-2H3,(H,17,19). The summed E-state index contributed by atoms with van der Waals surface area (Å²) in [4.78, 5) is 22.8. The first-order chi connectivity index (χ1) is 9.56. The molecule has 1 unspecified atom stereocenters. The molecule has 0 spiro atoms. The number of rotatable bonds is 6. The quantitative estimate of drug-likeness (QED) is 0.613. The Morgan fingerprint density at radius 1 is 1.35 bits per heavy atom. The number of nitrogens with one attached hydrogen (secondary N) is 1. The monoisotopic (exact) mass is 276 g/mol. The van der Waals surface area contributed by atoms with Crippen LogP contribution in [0.2, 0.25) is 0 Å². The van der Waals surface area contributed by atoms with Crippen LogP contribution in [0.15, 0.2) is 30.3 Å². The summed E-state index contributed by atoms with van der Waals surface area (Å²) in [6, 6.07) is 7.15. The maximum atomic E-state index is 11.6. The van der Waals surface area contributed by atoms with Gasteiger partial charge in [-0.05, 0) is 30.7 Å². The van der Waals surface area contributed by atoms with Gasteiger partial charge in [0.2, 0.25) is 5.91 Å². The molecule has 3 N–H and O–H groups in total. The molecule has 5 nitrogen and oxygen atoms in total. The van der Waals surface area contributed by atoms with E-state index < -0.39 is 0 Å². The van der Waals surface area contributed by atoms with Crippen LogP contribution in [0.5, 0.6) is 0 Å². The molecule has 0 aromatic heterocycles. The fourth-order valence-electron chi connectivity index (χ4n) is 1.40. The van der Waals surface area contributed by atoms with Crippen molar-refractivity contribution in [2.24, 2.45) is 11.7 Å². The molecule has 1 rings (SSSR count). The van der Waals surface area contributed by atoms with E-state index in [1.165, 1.54) is 6.08 Å². The zero-order valence-electron chi connectivity index (χ0n) is 11.8. The lowest BCUT2D eigenvalue weighted by atomic mass is 10.1. The lowest BCUT2D eigenvalue weighted by molar-refractivity contribution is -0.137. The molecule has 0 aliphatic heterocycles. The number of ether oxygens (including phenoxy) is 1. The Bertz CT molecular complexity index is 480. The van der Waals surface area contributed by atoms with Crippen LogP contribution in [-0.2, 0) is 14.3 Å². The summed E-state index contributed by atoms with van der Waals surface area (Å²) in [5.41, 5.74) is 6.98. The first-order valence-electron chi connectivity index (χ1n) is 6.52. The van der Waals surface area contributed by atoms with Crippen molar-refractivity contribution < 1.29 is 14.3 Å². The first-order valence-corrected chi connectivity index (χ1v) is 6.52. The minimum Gasteiger partial charge on any atom is -0.463 e. The van der Waals surface area contributed by atoms with E-state index in [4.69, 9.17) is 10.5 Å². The highest BCUT2D eigenvalue weighted by Crippen LogP contribution is 2.12. The van der Waals surface area contributed by atoms with Gasteiger partial charge in [-0.3, -0.25) is 4.79 Å². The fraction of sp³-hybridized carbons (Fsp3) is 0.333. The van der Waals surface area contributed by atoms with Gasteiger partial charge in [0.25, 0.3) is 0 Å². The molecule has 1 aromatic rings. The molecule has 5 heteroatoms. The Morgan fingerprint density at radius 2 is 2.00 bits per heavy atom. The average molecular weight is 276 g/mol. The Hall–Kier alpha value is -2.14. The molecule has 1 amide bonds. The summed E-state index contributed by atoms with van der Waals surface area (Å²) in [7, 11) is 0. The second-order valence-electron chi connectivity index (χ2n) is 4.33. The number of carbonyl (C=O) groups excluding carboxylic acids is 2. The summed E-state index contributed by atoms with van der Waals surface area (Å²) in [5, 5.41) is 2.77. The summed E-state index contributed by atoms with van der Waals surface area (Å²) < 4.78 is 4.78. The molecule has 0 saturated carbocycles. The van der Waals surface area contributed by atoms with Crippen LogP contribution < -0.4 is 11.1 Å². The van der Waals surface area contributed by atoms with Gasteiger partial charge in [0, 0.05) is 24.2 Å². The fourth-order valence-corrected chi connectivity index (χ4v) is 1.40. The van der Waals surface area contributed by atoms with E-state index in [-0.39, 0.29) is 17.8 Å². The summed E-state index contributed by atoms with van der Waals surface area (Å²) in [5.74, 6) is -0.706. The van der Waals surface area contributed by atoms with E-state index in [9.17, 15) is 9.59 Å². The van der Waals surface area contributed by atoms with Crippen molar-refractivity contribution in [1.29, 1.82) is 0 Å². The molecule has 0 saturated heterocycles. The van der Waals surface area contributed by atoms with Gasteiger partial charge < -0.3 is 15.8 Å². The predicted molar refractivity (Wildman–Crippen MR) is 79.0 cm³/mol. The number of hydrogen-bond donors (Lipinski definition) is 2. The van der Waals surface area contributed by atoms with Crippen molar-refractivity contribution in [1.82, 2.24) is 0 Å². The second kappa shape index (κ2) is 8.12. The van der Waals surface area contributed by atoms with Crippen molar-refractivity contribution in [3.63, 3.8) is 0 Å². The minimum atomic E-state index is -0.373. The van der Waals surface area contributed by atoms with Crippen LogP contribution in [0.1, 0.15) is 19.4 Å². The predicted octanol–water partition coefficient (Wildman–Crippen LogP) is 1.80. The third kappa shape index (κ3) is 5.24. The molecular weight excluding hydrogens is 256 g/mol. The molecule has 1 aromatic carbocycles. The largest absolute Gasteiger partial charge is 0.463 e. The first kappa shape index (κ1) is 15.9. The molecular formula is C15H20N2O3. The van der Waals surface area contributed by atoms with Gasteiger partial charge in [-0.15, -0.1) is 0 Å². The lowest BCUT2D eigenvalue weighted by Crippen LogP contribution is -2.26. The highest BCUT2D eigenvalue weighted by Gasteiger charge is 2.10. The zero-order valence-corrected chi connectivity index (χ0v) is 11.8. The van der Waals surface area contributed by atoms with Gasteiger partial charge in [0.05, 0.1) is 6.61 Å². The molecule has 1 atom stereocenters. The second-order valence-corrected chi connectivity index (χ2v) is 4.33. The van der Waals surface area contributed by atoms with E-state index in [1.807, 2.05) is 0 Å². The third-order valence-electron chi connectivity index (χ3n) is 2.68. The molecule has 20 heavy (non-hydrogen) atoms. The SMILES string of the molecule is CCOC(=O)C=Cc1ccc(NC(=O)C(C)CN)cc1. The number of carbonyl (C=O) groups is 2. The highest BCUT2D eigenvalue weighted by molar-refractivity contribution is 5.92. The summed E-state index contributed by atoms with van der Waals surface area (Å²) in [6.45, 7) is 4.19. The number of esters is 1. The normalized spacial score (nSPS) is 12.2. The van der Waals surface area contributed by atoms with Crippen molar-refractivity contribution in [2.45, 2.75) is 13.8 Å². The maximum Gasteiger partial charge on any atom is 0.330 e. The Kier molecular flexibility index (Phi) is 6.46. The number of amides is 1. The van der Waals surface area contributed by atoms with E-state index >= 15 is 0 Å². The number of anilines is 1. The molecule has 0 aliphatic rings.